The first-order valence-corrected chi connectivity index (χ1v) is 2.62. The molecule has 0 heterocycles. The van der Waals surface area contributed by atoms with Gasteiger partial charge in [0.25, 0.3) is 5.92 Å². The monoisotopic (exact) mass is 131 g/mol. The molecule has 0 aliphatic heterocycles. The van der Waals surface area contributed by atoms with Crippen molar-refractivity contribution in [2.45, 2.75) is 12.3 Å². The van der Waals surface area contributed by atoms with Crippen molar-refractivity contribution in [1.29, 1.82) is 0 Å². The van der Waals surface area contributed by atoms with Crippen LogP contribution in [0.3, 0.4) is 0 Å². The number of halogens is 2. The average Bonchev–Trinajstić information content (AvgIpc) is 1.60. The van der Waals surface area contributed by atoms with Crippen LogP contribution in [0.4, 0.5) is 8.78 Å². The Morgan fingerprint density at radius 2 is 2.22 bits per heavy atom. The van der Waals surface area contributed by atoms with Crippen molar-refractivity contribution in [3.05, 3.63) is 23.9 Å². The van der Waals surface area contributed by atoms with E-state index in [2.05, 4.69) is 0 Å². The van der Waals surface area contributed by atoms with Crippen molar-refractivity contribution in [3.8, 4) is 0 Å². The molecule has 0 spiro atoms. The van der Waals surface area contributed by atoms with Gasteiger partial charge in [0.15, 0.2) is 0 Å². The molecule has 0 amide bonds. The van der Waals surface area contributed by atoms with Gasteiger partial charge in [-0.25, -0.2) is 8.78 Å². The van der Waals surface area contributed by atoms with E-state index in [0.717, 1.165) is 6.08 Å². The Hall–Kier alpha value is -0.860. The maximum atomic E-state index is 12.2. The second kappa shape index (κ2) is 1.83. The van der Waals surface area contributed by atoms with Gasteiger partial charge in [-0.2, -0.15) is 0 Å². The van der Waals surface area contributed by atoms with E-state index in [-0.39, 0.29) is 12.1 Å². The van der Waals surface area contributed by atoms with Gasteiger partial charge < -0.3 is 5.73 Å². The van der Waals surface area contributed by atoms with Crippen molar-refractivity contribution in [2.24, 2.45) is 5.73 Å². The van der Waals surface area contributed by atoms with Crippen LogP contribution in [0.5, 0.6) is 0 Å². The molecule has 1 rings (SSSR count). The molecule has 0 saturated heterocycles. The summed E-state index contributed by atoms with van der Waals surface area (Å²) in [4.78, 5) is 0. The Morgan fingerprint density at radius 1 is 1.56 bits per heavy atom. The van der Waals surface area contributed by atoms with E-state index < -0.39 is 5.92 Å². The van der Waals surface area contributed by atoms with Gasteiger partial charge in [-0.3, -0.25) is 0 Å². The Labute approximate surface area is 51.8 Å². The zero-order valence-corrected chi connectivity index (χ0v) is 4.77. The van der Waals surface area contributed by atoms with Crippen LogP contribution < -0.4 is 5.73 Å². The highest BCUT2D eigenvalue weighted by Gasteiger charge is 2.27. The van der Waals surface area contributed by atoms with Gasteiger partial charge in [0, 0.05) is 5.70 Å². The highest BCUT2D eigenvalue weighted by molar-refractivity contribution is 5.20. The lowest BCUT2D eigenvalue weighted by molar-refractivity contribution is 0.0540. The van der Waals surface area contributed by atoms with Crippen molar-refractivity contribution in [1.82, 2.24) is 0 Å². The maximum Gasteiger partial charge on any atom is 0.272 e. The van der Waals surface area contributed by atoms with E-state index >= 15 is 0 Å². The summed E-state index contributed by atoms with van der Waals surface area (Å²) in [5.74, 6) is -2.72. The smallest absolute Gasteiger partial charge is 0.272 e. The van der Waals surface area contributed by atoms with Crippen LogP contribution in [0.2, 0.25) is 0 Å². The van der Waals surface area contributed by atoms with Gasteiger partial charge in [0.05, 0.1) is 6.42 Å². The molecule has 0 aromatic rings. The van der Waals surface area contributed by atoms with E-state index in [1.165, 1.54) is 12.2 Å². The molecule has 2 N–H and O–H groups in total. The number of alkyl halides is 2. The van der Waals surface area contributed by atoms with Crippen molar-refractivity contribution in [3.63, 3.8) is 0 Å². The molecule has 0 radical (unpaired) electrons. The lowest BCUT2D eigenvalue weighted by Crippen LogP contribution is -2.18. The molecule has 0 unspecified atom stereocenters. The first kappa shape index (κ1) is 6.26. The Bertz CT molecular complexity index is 170. The van der Waals surface area contributed by atoms with E-state index in [1.54, 1.807) is 0 Å². The lowest BCUT2D eigenvalue weighted by Gasteiger charge is -2.13. The highest BCUT2D eigenvalue weighted by atomic mass is 19.3. The maximum absolute atomic E-state index is 12.2. The number of rotatable bonds is 0. The minimum Gasteiger partial charge on any atom is -0.402 e. The second-order valence-electron chi connectivity index (χ2n) is 2.04. The number of hydrogen-bond acceptors (Lipinski definition) is 1. The number of hydrogen-bond donors (Lipinski definition) is 1. The van der Waals surface area contributed by atoms with Crippen LogP contribution in [0.1, 0.15) is 6.42 Å². The fourth-order valence-corrected chi connectivity index (χ4v) is 0.702. The summed E-state index contributed by atoms with van der Waals surface area (Å²) in [6.07, 6.45) is 3.27. The van der Waals surface area contributed by atoms with Gasteiger partial charge in [0.2, 0.25) is 0 Å². The van der Waals surface area contributed by atoms with E-state index in [4.69, 9.17) is 5.73 Å². The number of allylic oxidation sites excluding steroid dienone is 4. The van der Waals surface area contributed by atoms with E-state index in [0.29, 0.717) is 0 Å². The van der Waals surface area contributed by atoms with Gasteiger partial charge in [0.1, 0.15) is 0 Å². The molecule has 3 heteroatoms. The minimum atomic E-state index is -2.72. The molecule has 0 bridgehead atoms. The third kappa shape index (κ3) is 1.52. The Balaban J connectivity index is 2.73. The molecule has 50 valence electrons. The van der Waals surface area contributed by atoms with Crippen LogP contribution in [0.25, 0.3) is 0 Å². The molecule has 0 aromatic heterocycles. The van der Waals surface area contributed by atoms with Crippen LogP contribution >= 0.6 is 0 Å². The summed E-state index contributed by atoms with van der Waals surface area (Å²) in [6, 6.07) is 0. The van der Waals surface area contributed by atoms with E-state index in [9.17, 15) is 8.78 Å². The third-order valence-electron chi connectivity index (χ3n) is 1.09. The zero-order chi connectivity index (χ0) is 6.91. The van der Waals surface area contributed by atoms with Crippen LogP contribution in [0, 0.1) is 0 Å². The van der Waals surface area contributed by atoms with Crippen molar-refractivity contribution in [2.75, 3.05) is 0 Å². The molecular formula is C6H7F2N. The van der Waals surface area contributed by atoms with Gasteiger partial charge in [-0.15, -0.1) is 0 Å². The topological polar surface area (TPSA) is 26.0 Å². The van der Waals surface area contributed by atoms with Crippen LogP contribution in [-0.2, 0) is 0 Å². The largest absolute Gasteiger partial charge is 0.402 e. The first-order valence-electron chi connectivity index (χ1n) is 2.62. The summed E-state index contributed by atoms with van der Waals surface area (Å²) >= 11 is 0. The summed E-state index contributed by atoms with van der Waals surface area (Å²) in [5, 5.41) is 0. The third-order valence-corrected chi connectivity index (χ3v) is 1.09. The van der Waals surface area contributed by atoms with Gasteiger partial charge in [-0.05, 0) is 12.2 Å². The van der Waals surface area contributed by atoms with Gasteiger partial charge >= 0.3 is 0 Å². The summed E-state index contributed by atoms with van der Waals surface area (Å²) in [6.45, 7) is 0. The average molecular weight is 131 g/mol. The molecule has 1 aliphatic carbocycles. The van der Waals surface area contributed by atoms with Crippen molar-refractivity contribution < 1.29 is 8.78 Å². The zero-order valence-electron chi connectivity index (χ0n) is 4.77. The molecule has 9 heavy (non-hydrogen) atoms. The van der Waals surface area contributed by atoms with Crippen LogP contribution in [-0.4, -0.2) is 5.92 Å². The SMILES string of the molecule is NC1=CC=CC(F)(F)C1. The molecule has 0 saturated carbocycles. The Morgan fingerprint density at radius 3 is 2.56 bits per heavy atom. The molecule has 1 nitrogen and oxygen atoms in total. The summed E-state index contributed by atoms with van der Waals surface area (Å²) in [5.41, 5.74) is 5.38. The second-order valence-corrected chi connectivity index (χ2v) is 2.04. The van der Waals surface area contributed by atoms with Crippen molar-refractivity contribution >= 4 is 0 Å². The molecule has 0 atom stereocenters. The number of nitrogens with two attached hydrogens (primary N) is 1. The predicted molar refractivity (Wildman–Crippen MR) is 31.0 cm³/mol. The highest BCUT2D eigenvalue weighted by Crippen LogP contribution is 2.25. The lowest BCUT2D eigenvalue weighted by atomic mass is 10.1. The molecule has 0 fully saturated rings. The summed E-state index contributed by atoms with van der Waals surface area (Å²) in [7, 11) is 0. The first-order chi connectivity index (χ1) is 4.10. The predicted octanol–water partition coefficient (Wildman–Crippen LogP) is 1.42. The van der Waals surface area contributed by atoms with E-state index in [1.807, 2.05) is 0 Å². The molecule has 1 aliphatic rings. The Kier molecular flexibility index (Phi) is 1.27. The summed E-state index contributed by atoms with van der Waals surface area (Å²) < 4.78 is 24.5. The molecular weight excluding hydrogens is 124 g/mol. The minimum absolute atomic E-state index is 0.238. The fraction of sp³-hybridized carbons (Fsp3) is 0.333. The van der Waals surface area contributed by atoms with Gasteiger partial charge in [-0.1, -0.05) is 6.08 Å². The standard InChI is InChI=1S/C6H7F2N/c7-6(8)3-1-2-5(9)4-6/h1-3H,4,9H2. The molecule has 0 aromatic carbocycles. The normalized spacial score (nSPS) is 23.6. The van der Waals surface area contributed by atoms with Crippen LogP contribution in [0.15, 0.2) is 23.9 Å². The quantitative estimate of drug-likeness (QED) is 0.528. The fourth-order valence-electron chi connectivity index (χ4n) is 0.702.